The fraction of sp³-hybridized carbons (Fsp3) is 0.571. The van der Waals surface area contributed by atoms with Crippen molar-refractivity contribution in [3.05, 3.63) is 23.4 Å². The Bertz CT molecular complexity index is 465. The first-order valence-electron chi connectivity index (χ1n) is 6.82. The Morgan fingerprint density at radius 3 is 3.05 bits per heavy atom. The van der Waals surface area contributed by atoms with Gasteiger partial charge in [-0.2, -0.15) is 0 Å². The first-order valence-corrected chi connectivity index (χ1v) is 8.08. The highest BCUT2D eigenvalue weighted by Crippen LogP contribution is 2.38. The molecule has 0 aliphatic heterocycles. The molecule has 0 saturated heterocycles. The molecule has 1 aliphatic rings. The van der Waals surface area contributed by atoms with E-state index in [1.165, 1.54) is 0 Å². The van der Waals surface area contributed by atoms with E-state index < -0.39 is 11.5 Å². The Balaban J connectivity index is 2.05. The third-order valence-electron chi connectivity index (χ3n) is 3.62. The summed E-state index contributed by atoms with van der Waals surface area (Å²) in [5.74, 6) is -0.742. The monoisotopic (exact) mass is 314 g/mol. The Labute approximate surface area is 128 Å². The smallest absolute Gasteiger partial charge is 0.323 e. The van der Waals surface area contributed by atoms with E-state index in [1.54, 1.807) is 18.0 Å². The molecule has 1 aromatic heterocycles. The molecule has 1 heterocycles. The SMILES string of the molecule is CCNC1(C(=O)O)CCCC(Sc2ccc(Cl)cn2)C1. The van der Waals surface area contributed by atoms with Crippen LogP contribution in [-0.4, -0.2) is 33.4 Å². The predicted molar refractivity (Wildman–Crippen MR) is 81.4 cm³/mol. The number of carboxylic acid groups (broad SMARTS) is 1. The van der Waals surface area contributed by atoms with Crippen LogP contribution in [0.2, 0.25) is 5.02 Å². The summed E-state index contributed by atoms with van der Waals surface area (Å²) in [6.07, 6.45) is 4.90. The molecular weight excluding hydrogens is 296 g/mol. The maximum absolute atomic E-state index is 11.6. The number of carbonyl (C=O) groups is 1. The largest absolute Gasteiger partial charge is 0.480 e. The van der Waals surface area contributed by atoms with Crippen LogP contribution in [0, 0.1) is 0 Å². The third kappa shape index (κ3) is 3.65. The zero-order chi connectivity index (χ0) is 14.6. The summed E-state index contributed by atoms with van der Waals surface area (Å²) in [6, 6.07) is 3.70. The predicted octanol–water partition coefficient (Wildman–Crippen LogP) is 3.20. The van der Waals surface area contributed by atoms with Crippen LogP contribution in [0.5, 0.6) is 0 Å². The minimum absolute atomic E-state index is 0.271. The first kappa shape index (κ1) is 15.6. The van der Waals surface area contributed by atoms with E-state index in [4.69, 9.17) is 11.6 Å². The van der Waals surface area contributed by atoms with Crippen LogP contribution in [0.1, 0.15) is 32.6 Å². The maximum Gasteiger partial charge on any atom is 0.323 e. The summed E-state index contributed by atoms with van der Waals surface area (Å²) in [5, 5.41) is 14.5. The molecule has 110 valence electrons. The van der Waals surface area contributed by atoms with Crippen molar-refractivity contribution in [2.24, 2.45) is 0 Å². The number of hydrogen-bond acceptors (Lipinski definition) is 4. The molecule has 0 amide bonds. The normalized spacial score (nSPS) is 26.4. The van der Waals surface area contributed by atoms with E-state index in [9.17, 15) is 9.90 Å². The molecule has 0 radical (unpaired) electrons. The van der Waals surface area contributed by atoms with Crippen molar-refractivity contribution in [3.8, 4) is 0 Å². The van der Waals surface area contributed by atoms with Crippen LogP contribution < -0.4 is 5.32 Å². The summed E-state index contributed by atoms with van der Waals surface area (Å²) < 4.78 is 0. The second-order valence-corrected chi connectivity index (χ2v) is 6.83. The van der Waals surface area contributed by atoms with Gasteiger partial charge in [-0.05, 0) is 44.4 Å². The van der Waals surface area contributed by atoms with Gasteiger partial charge in [0.15, 0.2) is 0 Å². The Hall–Kier alpha value is -0.780. The molecule has 4 nitrogen and oxygen atoms in total. The molecule has 0 spiro atoms. The maximum atomic E-state index is 11.6. The van der Waals surface area contributed by atoms with Crippen LogP contribution >= 0.6 is 23.4 Å². The highest BCUT2D eigenvalue weighted by Gasteiger charge is 2.42. The van der Waals surface area contributed by atoms with Crippen LogP contribution in [0.25, 0.3) is 0 Å². The molecule has 0 aromatic carbocycles. The van der Waals surface area contributed by atoms with Gasteiger partial charge < -0.3 is 10.4 Å². The van der Waals surface area contributed by atoms with E-state index in [0.717, 1.165) is 17.9 Å². The number of rotatable bonds is 5. The molecule has 2 atom stereocenters. The summed E-state index contributed by atoms with van der Waals surface area (Å²) in [5.41, 5.74) is -0.781. The van der Waals surface area contributed by atoms with Gasteiger partial charge in [0, 0.05) is 11.4 Å². The number of nitrogens with one attached hydrogen (secondary N) is 1. The van der Waals surface area contributed by atoms with Gasteiger partial charge >= 0.3 is 5.97 Å². The highest BCUT2D eigenvalue weighted by molar-refractivity contribution is 7.99. The number of hydrogen-bond donors (Lipinski definition) is 2. The van der Waals surface area contributed by atoms with Gasteiger partial charge in [0.2, 0.25) is 0 Å². The van der Waals surface area contributed by atoms with E-state index in [1.807, 2.05) is 19.1 Å². The lowest BCUT2D eigenvalue weighted by Gasteiger charge is -2.37. The first-order chi connectivity index (χ1) is 9.55. The van der Waals surface area contributed by atoms with Crippen molar-refractivity contribution in [3.63, 3.8) is 0 Å². The number of aromatic nitrogens is 1. The number of carboxylic acids is 1. The molecule has 1 fully saturated rings. The van der Waals surface area contributed by atoms with E-state index >= 15 is 0 Å². The van der Waals surface area contributed by atoms with Gasteiger partial charge in [-0.25, -0.2) is 4.98 Å². The van der Waals surface area contributed by atoms with Gasteiger partial charge in [-0.1, -0.05) is 18.5 Å². The molecule has 1 saturated carbocycles. The van der Waals surface area contributed by atoms with Gasteiger partial charge in [0.1, 0.15) is 5.54 Å². The Morgan fingerprint density at radius 1 is 1.65 bits per heavy atom. The highest BCUT2D eigenvalue weighted by atomic mass is 35.5. The second kappa shape index (κ2) is 6.78. The lowest BCUT2D eigenvalue weighted by molar-refractivity contribution is -0.146. The molecule has 1 aromatic rings. The van der Waals surface area contributed by atoms with Crippen LogP contribution in [-0.2, 0) is 4.79 Å². The standard InChI is InChI=1S/C14H19ClN2O2S/c1-2-17-14(13(18)19)7-3-4-11(8-14)20-12-6-5-10(15)9-16-12/h5-6,9,11,17H,2-4,7-8H2,1H3,(H,18,19). The lowest BCUT2D eigenvalue weighted by atomic mass is 9.81. The quantitative estimate of drug-likeness (QED) is 0.874. The van der Waals surface area contributed by atoms with Crippen LogP contribution in [0.15, 0.2) is 23.4 Å². The summed E-state index contributed by atoms with van der Waals surface area (Å²) in [4.78, 5) is 15.9. The van der Waals surface area contributed by atoms with E-state index in [2.05, 4.69) is 10.3 Å². The van der Waals surface area contributed by atoms with Crippen molar-refractivity contribution in [2.75, 3.05) is 6.54 Å². The van der Waals surface area contributed by atoms with Crippen LogP contribution in [0.4, 0.5) is 0 Å². The topological polar surface area (TPSA) is 62.2 Å². The number of aliphatic carboxylic acids is 1. The molecule has 2 unspecified atom stereocenters. The summed E-state index contributed by atoms with van der Waals surface area (Å²) >= 11 is 7.47. The number of pyridine rings is 1. The average Bonchev–Trinajstić information content (AvgIpc) is 2.42. The van der Waals surface area contributed by atoms with E-state index in [-0.39, 0.29) is 5.25 Å². The van der Waals surface area contributed by atoms with Gasteiger partial charge in [0.05, 0.1) is 10.0 Å². The molecule has 20 heavy (non-hydrogen) atoms. The molecule has 6 heteroatoms. The summed E-state index contributed by atoms with van der Waals surface area (Å²) in [6.45, 7) is 2.62. The van der Waals surface area contributed by atoms with Gasteiger partial charge in [-0.3, -0.25) is 4.79 Å². The summed E-state index contributed by atoms with van der Waals surface area (Å²) in [7, 11) is 0. The molecule has 2 N–H and O–H groups in total. The molecular formula is C14H19ClN2O2S. The minimum atomic E-state index is -0.781. The van der Waals surface area contributed by atoms with Crippen molar-refractivity contribution in [1.29, 1.82) is 0 Å². The second-order valence-electron chi connectivity index (χ2n) is 5.07. The average molecular weight is 315 g/mol. The van der Waals surface area contributed by atoms with Crippen molar-refractivity contribution in [1.82, 2.24) is 10.3 Å². The Kier molecular flexibility index (Phi) is 5.29. The van der Waals surface area contributed by atoms with E-state index in [0.29, 0.717) is 24.4 Å². The van der Waals surface area contributed by atoms with Crippen molar-refractivity contribution in [2.45, 2.75) is 48.4 Å². The van der Waals surface area contributed by atoms with Crippen molar-refractivity contribution >= 4 is 29.3 Å². The number of thioether (sulfide) groups is 1. The van der Waals surface area contributed by atoms with Crippen LogP contribution in [0.3, 0.4) is 0 Å². The molecule has 2 rings (SSSR count). The van der Waals surface area contributed by atoms with Crippen molar-refractivity contribution < 1.29 is 9.90 Å². The number of likely N-dealkylation sites (N-methyl/N-ethyl adjacent to an activating group) is 1. The minimum Gasteiger partial charge on any atom is -0.480 e. The van der Waals surface area contributed by atoms with Gasteiger partial charge in [-0.15, -0.1) is 11.8 Å². The molecule has 0 bridgehead atoms. The van der Waals surface area contributed by atoms with Gasteiger partial charge in [0.25, 0.3) is 0 Å². The third-order valence-corrected chi connectivity index (χ3v) is 5.06. The number of halogens is 1. The Morgan fingerprint density at radius 2 is 2.45 bits per heavy atom. The zero-order valence-corrected chi connectivity index (χ0v) is 13.0. The number of nitrogens with zero attached hydrogens (tertiary/aromatic N) is 1. The fourth-order valence-corrected chi connectivity index (χ4v) is 4.06. The fourth-order valence-electron chi connectivity index (χ4n) is 2.70. The zero-order valence-electron chi connectivity index (χ0n) is 11.4. The molecule has 1 aliphatic carbocycles. The lowest BCUT2D eigenvalue weighted by Crippen LogP contribution is -2.55.